The standard InChI is InChI=1S/C23H27N3O/c1-3-13-25(23(27)19-8-6-7-17(2)14-19)16-22-24-20-9-4-5-10-21(20)26(22)15-18-11-12-18/h4-10,14,18H,3,11-13,15-16H2,1-2H3. The second-order valence-electron chi connectivity index (χ2n) is 7.67. The van der Waals surface area contributed by atoms with Gasteiger partial charge in [-0.05, 0) is 56.4 Å². The van der Waals surface area contributed by atoms with Gasteiger partial charge < -0.3 is 9.47 Å². The van der Waals surface area contributed by atoms with Crippen molar-refractivity contribution >= 4 is 16.9 Å². The zero-order valence-electron chi connectivity index (χ0n) is 16.2. The zero-order chi connectivity index (χ0) is 18.8. The molecule has 0 saturated heterocycles. The van der Waals surface area contributed by atoms with Crippen LogP contribution >= 0.6 is 0 Å². The fourth-order valence-corrected chi connectivity index (χ4v) is 3.66. The first-order valence-electron chi connectivity index (χ1n) is 9.95. The highest BCUT2D eigenvalue weighted by Crippen LogP contribution is 2.32. The summed E-state index contributed by atoms with van der Waals surface area (Å²) in [7, 11) is 0. The molecule has 4 heteroatoms. The Balaban J connectivity index is 1.66. The van der Waals surface area contributed by atoms with Crippen LogP contribution in [0.2, 0.25) is 0 Å². The first-order chi connectivity index (χ1) is 13.2. The quantitative estimate of drug-likeness (QED) is 0.606. The van der Waals surface area contributed by atoms with Gasteiger partial charge in [0.1, 0.15) is 5.82 Å². The van der Waals surface area contributed by atoms with Crippen molar-refractivity contribution < 1.29 is 4.79 Å². The van der Waals surface area contributed by atoms with Gasteiger partial charge in [-0.2, -0.15) is 0 Å². The molecule has 1 aliphatic carbocycles. The van der Waals surface area contributed by atoms with Gasteiger partial charge in [0.05, 0.1) is 17.6 Å². The number of carbonyl (C=O) groups excluding carboxylic acids is 1. The van der Waals surface area contributed by atoms with E-state index < -0.39 is 0 Å². The second-order valence-corrected chi connectivity index (χ2v) is 7.67. The van der Waals surface area contributed by atoms with Gasteiger partial charge in [-0.25, -0.2) is 4.98 Å². The molecule has 4 nitrogen and oxygen atoms in total. The van der Waals surface area contributed by atoms with Crippen molar-refractivity contribution in [2.24, 2.45) is 5.92 Å². The largest absolute Gasteiger partial charge is 0.331 e. The number of fused-ring (bicyclic) bond motifs is 1. The third-order valence-electron chi connectivity index (χ3n) is 5.25. The molecular formula is C23H27N3O. The summed E-state index contributed by atoms with van der Waals surface area (Å²) >= 11 is 0. The molecule has 4 rings (SSSR count). The Kier molecular flexibility index (Phi) is 4.97. The van der Waals surface area contributed by atoms with Crippen molar-refractivity contribution in [3.8, 4) is 0 Å². The summed E-state index contributed by atoms with van der Waals surface area (Å²) < 4.78 is 2.33. The third kappa shape index (κ3) is 3.90. The molecule has 1 amide bonds. The Bertz CT molecular complexity index is 955. The highest BCUT2D eigenvalue weighted by atomic mass is 16.2. The van der Waals surface area contributed by atoms with Crippen LogP contribution in [0, 0.1) is 12.8 Å². The van der Waals surface area contributed by atoms with E-state index in [9.17, 15) is 4.79 Å². The summed E-state index contributed by atoms with van der Waals surface area (Å²) in [4.78, 5) is 20.0. The number of imidazole rings is 1. The van der Waals surface area contributed by atoms with Crippen molar-refractivity contribution in [1.29, 1.82) is 0 Å². The highest BCUT2D eigenvalue weighted by molar-refractivity contribution is 5.94. The molecule has 0 bridgehead atoms. The van der Waals surface area contributed by atoms with Crippen molar-refractivity contribution in [3.05, 3.63) is 65.5 Å². The lowest BCUT2D eigenvalue weighted by atomic mass is 10.1. The van der Waals surface area contributed by atoms with Crippen molar-refractivity contribution in [2.75, 3.05) is 6.54 Å². The Hall–Kier alpha value is -2.62. The SMILES string of the molecule is CCCN(Cc1nc2ccccc2n1CC1CC1)C(=O)c1cccc(C)c1. The van der Waals surface area contributed by atoms with Gasteiger partial charge in [-0.15, -0.1) is 0 Å². The average molecular weight is 361 g/mol. The molecule has 0 aliphatic heterocycles. The second kappa shape index (κ2) is 7.55. The van der Waals surface area contributed by atoms with E-state index in [0.29, 0.717) is 6.54 Å². The first-order valence-corrected chi connectivity index (χ1v) is 9.95. The lowest BCUT2D eigenvalue weighted by Gasteiger charge is -2.23. The summed E-state index contributed by atoms with van der Waals surface area (Å²) in [5.41, 5.74) is 4.07. The molecule has 1 aromatic heterocycles. The van der Waals surface area contributed by atoms with Crippen LogP contribution in [0.1, 0.15) is 47.9 Å². The summed E-state index contributed by atoms with van der Waals surface area (Å²) in [6, 6.07) is 16.2. The summed E-state index contributed by atoms with van der Waals surface area (Å²) in [5.74, 6) is 1.84. The van der Waals surface area contributed by atoms with Gasteiger partial charge in [-0.3, -0.25) is 4.79 Å². The Morgan fingerprint density at radius 2 is 2.00 bits per heavy atom. The zero-order valence-corrected chi connectivity index (χ0v) is 16.2. The van der Waals surface area contributed by atoms with E-state index in [1.807, 2.05) is 42.2 Å². The molecule has 2 aromatic carbocycles. The van der Waals surface area contributed by atoms with Gasteiger partial charge >= 0.3 is 0 Å². The summed E-state index contributed by atoms with van der Waals surface area (Å²) in [5, 5.41) is 0. The number of hydrogen-bond donors (Lipinski definition) is 0. The minimum absolute atomic E-state index is 0.0885. The van der Waals surface area contributed by atoms with Gasteiger partial charge in [0.2, 0.25) is 0 Å². The molecule has 0 atom stereocenters. The van der Waals surface area contributed by atoms with Crippen LogP contribution in [0.25, 0.3) is 11.0 Å². The van der Waals surface area contributed by atoms with Crippen molar-refractivity contribution in [3.63, 3.8) is 0 Å². The number of hydrogen-bond acceptors (Lipinski definition) is 2. The number of rotatable bonds is 7. The van der Waals surface area contributed by atoms with Gasteiger partial charge in [0, 0.05) is 18.7 Å². The lowest BCUT2D eigenvalue weighted by Crippen LogP contribution is -2.32. The van der Waals surface area contributed by atoms with Crippen LogP contribution in [0.15, 0.2) is 48.5 Å². The topological polar surface area (TPSA) is 38.1 Å². The van der Waals surface area contributed by atoms with Crippen LogP contribution in [0.4, 0.5) is 0 Å². The highest BCUT2D eigenvalue weighted by Gasteiger charge is 2.25. The maximum Gasteiger partial charge on any atom is 0.254 e. The predicted octanol–water partition coefficient (Wildman–Crippen LogP) is 4.81. The van der Waals surface area contributed by atoms with E-state index in [0.717, 1.165) is 47.9 Å². The number of aryl methyl sites for hydroxylation is 1. The van der Waals surface area contributed by atoms with Crippen LogP contribution in [0.5, 0.6) is 0 Å². The minimum Gasteiger partial charge on any atom is -0.331 e. The fraction of sp³-hybridized carbons (Fsp3) is 0.391. The Labute approximate surface area is 160 Å². The number of carbonyl (C=O) groups is 1. The molecule has 1 heterocycles. The first kappa shape index (κ1) is 17.8. The molecule has 3 aromatic rings. The number of aromatic nitrogens is 2. The van der Waals surface area contributed by atoms with E-state index in [1.165, 1.54) is 18.4 Å². The minimum atomic E-state index is 0.0885. The fourth-order valence-electron chi connectivity index (χ4n) is 3.66. The van der Waals surface area contributed by atoms with Crippen LogP contribution in [0.3, 0.4) is 0 Å². The van der Waals surface area contributed by atoms with Gasteiger partial charge in [0.15, 0.2) is 0 Å². The number of para-hydroxylation sites is 2. The molecular weight excluding hydrogens is 334 g/mol. The molecule has 0 unspecified atom stereocenters. The van der Waals surface area contributed by atoms with Crippen molar-refractivity contribution in [2.45, 2.75) is 46.2 Å². The third-order valence-corrected chi connectivity index (χ3v) is 5.25. The van der Waals surface area contributed by atoms with Gasteiger partial charge in [0.25, 0.3) is 5.91 Å². The summed E-state index contributed by atoms with van der Waals surface area (Å²) in [6.07, 6.45) is 3.53. The van der Waals surface area contributed by atoms with Crippen LogP contribution in [-0.4, -0.2) is 26.9 Å². The average Bonchev–Trinajstić information content (AvgIpc) is 3.43. The molecule has 1 saturated carbocycles. The summed E-state index contributed by atoms with van der Waals surface area (Å²) in [6.45, 7) is 6.44. The smallest absolute Gasteiger partial charge is 0.254 e. The lowest BCUT2D eigenvalue weighted by molar-refractivity contribution is 0.0737. The molecule has 0 N–H and O–H groups in total. The molecule has 140 valence electrons. The molecule has 1 aliphatic rings. The van der Waals surface area contributed by atoms with E-state index >= 15 is 0 Å². The molecule has 0 radical (unpaired) electrons. The maximum atomic E-state index is 13.1. The van der Waals surface area contributed by atoms with E-state index in [1.54, 1.807) is 0 Å². The molecule has 0 spiro atoms. The maximum absolute atomic E-state index is 13.1. The Morgan fingerprint density at radius 1 is 1.19 bits per heavy atom. The number of nitrogens with zero attached hydrogens (tertiary/aromatic N) is 3. The van der Waals surface area contributed by atoms with Crippen LogP contribution < -0.4 is 0 Å². The van der Waals surface area contributed by atoms with Crippen molar-refractivity contribution in [1.82, 2.24) is 14.5 Å². The van der Waals surface area contributed by atoms with E-state index in [4.69, 9.17) is 4.98 Å². The van der Waals surface area contributed by atoms with E-state index in [2.05, 4.69) is 29.7 Å². The Morgan fingerprint density at radius 3 is 2.74 bits per heavy atom. The normalized spacial score (nSPS) is 13.9. The monoisotopic (exact) mass is 361 g/mol. The van der Waals surface area contributed by atoms with Crippen LogP contribution in [-0.2, 0) is 13.1 Å². The number of benzene rings is 2. The predicted molar refractivity (Wildman–Crippen MR) is 109 cm³/mol. The molecule has 27 heavy (non-hydrogen) atoms. The van der Waals surface area contributed by atoms with Gasteiger partial charge in [-0.1, -0.05) is 36.8 Å². The van der Waals surface area contributed by atoms with E-state index in [-0.39, 0.29) is 5.91 Å². The molecule has 1 fully saturated rings. The number of amides is 1.